The van der Waals surface area contributed by atoms with E-state index in [-0.39, 0.29) is 11.9 Å². The van der Waals surface area contributed by atoms with Crippen LogP contribution in [-0.2, 0) is 9.53 Å². The van der Waals surface area contributed by atoms with Crippen molar-refractivity contribution < 1.29 is 9.53 Å². The number of hydrogen-bond donors (Lipinski definition) is 0. The van der Waals surface area contributed by atoms with Gasteiger partial charge in [0.2, 0.25) is 0 Å². The lowest BCUT2D eigenvalue weighted by Gasteiger charge is -2.07. The smallest absolute Gasteiger partial charge is 0.309 e. The lowest BCUT2D eigenvalue weighted by Crippen LogP contribution is -2.15. The van der Waals surface area contributed by atoms with Crippen molar-refractivity contribution >= 4 is 14.0 Å². The number of carbonyl (C=O) groups is 1. The molecule has 1 aliphatic carbocycles. The van der Waals surface area contributed by atoms with Crippen LogP contribution in [0, 0.1) is 17.8 Å². The molecule has 0 aliphatic heterocycles. The molecule has 0 unspecified atom stereocenters. The monoisotopic (exact) mass is 212 g/mol. The average molecular weight is 212 g/mol. The number of carbonyl (C=O) groups excluding carboxylic acids is 1. The summed E-state index contributed by atoms with van der Waals surface area (Å²) in [6, 6.07) is 0. The second-order valence-electron chi connectivity index (χ2n) is 5.21. The Morgan fingerprint density at radius 1 is 1.36 bits per heavy atom. The highest BCUT2D eigenvalue weighted by Crippen LogP contribution is 2.47. The van der Waals surface area contributed by atoms with Crippen molar-refractivity contribution in [3.8, 4) is 0 Å². The molecule has 0 spiro atoms. The van der Waals surface area contributed by atoms with Gasteiger partial charge in [0.15, 0.2) is 0 Å². The molecule has 0 aromatic carbocycles. The average Bonchev–Trinajstić information content (AvgIpc) is 2.71. The molecule has 1 fully saturated rings. The zero-order valence-corrected chi connectivity index (χ0v) is 10.7. The first-order valence-electron chi connectivity index (χ1n) is 5.14. The predicted octanol–water partition coefficient (Wildman–Crippen LogP) is 2.48. The van der Waals surface area contributed by atoms with Crippen molar-refractivity contribution in [1.29, 1.82) is 0 Å². The van der Waals surface area contributed by atoms with E-state index >= 15 is 0 Å². The lowest BCUT2D eigenvalue weighted by atomic mass is 10.3. The van der Waals surface area contributed by atoms with Crippen LogP contribution in [0.5, 0.6) is 0 Å². The molecule has 0 N–H and O–H groups in total. The van der Waals surface area contributed by atoms with Crippen molar-refractivity contribution in [2.24, 2.45) is 17.8 Å². The fraction of sp³-hybridized carbons (Fsp3) is 0.727. The van der Waals surface area contributed by atoms with Crippen LogP contribution in [0.1, 0.15) is 6.92 Å². The number of ether oxygens (including phenoxy) is 1. The molecule has 1 aliphatic rings. The Kier molecular flexibility index (Phi) is 3.19. The molecule has 0 aromatic heterocycles. The molecular formula is C11H20O2Si. The van der Waals surface area contributed by atoms with Crippen LogP contribution in [0.4, 0.5) is 0 Å². The summed E-state index contributed by atoms with van der Waals surface area (Å²) in [5, 5.41) is 0. The van der Waals surface area contributed by atoms with Gasteiger partial charge in [-0.2, -0.15) is 0 Å². The summed E-state index contributed by atoms with van der Waals surface area (Å²) in [5.74, 6) is 0.958. The molecule has 0 radical (unpaired) electrons. The highest BCUT2D eigenvalue weighted by atomic mass is 28.3. The van der Waals surface area contributed by atoms with E-state index in [4.69, 9.17) is 4.74 Å². The van der Waals surface area contributed by atoms with Crippen molar-refractivity contribution in [3.63, 3.8) is 0 Å². The summed E-state index contributed by atoms with van der Waals surface area (Å²) >= 11 is 0. The fourth-order valence-corrected chi connectivity index (χ4v) is 2.50. The van der Waals surface area contributed by atoms with Crippen LogP contribution in [0.15, 0.2) is 11.8 Å². The normalized spacial score (nSPS) is 31.9. The van der Waals surface area contributed by atoms with E-state index in [2.05, 4.69) is 38.3 Å². The summed E-state index contributed by atoms with van der Waals surface area (Å²) < 4.78 is 4.75. The standard InChI is InChI=1S/C11H20O2Si/c1-8-9(6-7-14(3,4)5)10(8)11(12)13-2/h6-10H,1-5H3/b7-6+/t8-,9+,10+/m0/s1. The first-order chi connectivity index (χ1) is 6.37. The third kappa shape index (κ3) is 2.71. The van der Waals surface area contributed by atoms with Crippen LogP contribution >= 0.6 is 0 Å². The van der Waals surface area contributed by atoms with Gasteiger partial charge in [-0.15, -0.1) is 0 Å². The third-order valence-corrected chi connectivity index (χ3v) is 3.93. The molecule has 2 nitrogen and oxygen atoms in total. The van der Waals surface area contributed by atoms with Gasteiger partial charge in [-0.1, -0.05) is 38.3 Å². The second kappa shape index (κ2) is 3.89. The number of hydrogen-bond acceptors (Lipinski definition) is 2. The first-order valence-corrected chi connectivity index (χ1v) is 8.72. The minimum absolute atomic E-state index is 0.0530. The minimum atomic E-state index is -1.12. The molecule has 80 valence electrons. The summed E-state index contributed by atoms with van der Waals surface area (Å²) in [7, 11) is 0.348. The topological polar surface area (TPSA) is 26.3 Å². The van der Waals surface area contributed by atoms with Crippen molar-refractivity contribution in [2.75, 3.05) is 7.11 Å². The summed E-state index contributed by atoms with van der Waals surface area (Å²) in [4.78, 5) is 11.3. The Balaban J connectivity index is 2.51. The van der Waals surface area contributed by atoms with Gasteiger partial charge in [-0.25, -0.2) is 0 Å². The van der Waals surface area contributed by atoms with E-state index in [1.165, 1.54) is 7.11 Å². The largest absolute Gasteiger partial charge is 0.469 e. The van der Waals surface area contributed by atoms with Crippen LogP contribution < -0.4 is 0 Å². The second-order valence-corrected chi connectivity index (χ2v) is 10.3. The quantitative estimate of drug-likeness (QED) is 0.530. The molecule has 1 rings (SSSR count). The summed E-state index contributed by atoms with van der Waals surface area (Å²) in [5.41, 5.74) is 2.32. The molecule has 3 heteroatoms. The zero-order valence-electron chi connectivity index (χ0n) is 9.70. The van der Waals surface area contributed by atoms with E-state index in [0.717, 1.165) is 0 Å². The molecule has 0 saturated heterocycles. The van der Waals surface area contributed by atoms with E-state index < -0.39 is 8.07 Å². The number of methoxy groups -OCH3 is 1. The van der Waals surface area contributed by atoms with Crippen LogP contribution in [0.3, 0.4) is 0 Å². The molecule has 1 saturated carbocycles. The lowest BCUT2D eigenvalue weighted by molar-refractivity contribution is -0.142. The number of esters is 1. The first kappa shape index (κ1) is 11.5. The van der Waals surface area contributed by atoms with Gasteiger partial charge < -0.3 is 4.74 Å². The van der Waals surface area contributed by atoms with Gasteiger partial charge in [0, 0.05) is 0 Å². The maximum absolute atomic E-state index is 11.3. The third-order valence-electron chi connectivity index (χ3n) is 2.74. The highest BCUT2D eigenvalue weighted by Gasteiger charge is 2.50. The Hall–Kier alpha value is -0.573. The van der Waals surface area contributed by atoms with Gasteiger partial charge in [0.1, 0.15) is 0 Å². The van der Waals surface area contributed by atoms with E-state index in [1.807, 2.05) is 0 Å². The van der Waals surface area contributed by atoms with Gasteiger partial charge in [-0.05, 0) is 11.8 Å². The van der Waals surface area contributed by atoms with E-state index in [0.29, 0.717) is 11.8 Å². The zero-order chi connectivity index (χ0) is 10.9. The molecule has 14 heavy (non-hydrogen) atoms. The number of rotatable bonds is 3. The fourth-order valence-electron chi connectivity index (χ4n) is 1.70. The Bertz CT molecular complexity index is 253. The molecule has 3 atom stereocenters. The summed E-state index contributed by atoms with van der Waals surface area (Å²) in [6.07, 6.45) is 2.22. The van der Waals surface area contributed by atoms with Gasteiger partial charge in [0.05, 0.1) is 21.1 Å². The Morgan fingerprint density at radius 2 is 1.93 bits per heavy atom. The molecule has 0 bridgehead atoms. The van der Waals surface area contributed by atoms with Crippen LogP contribution in [0.25, 0.3) is 0 Å². The molecule has 0 aromatic rings. The molecule has 0 heterocycles. The van der Waals surface area contributed by atoms with Crippen LogP contribution in [0.2, 0.25) is 19.6 Å². The predicted molar refractivity (Wildman–Crippen MR) is 60.6 cm³/mol. The molecule has 0 amide bonds. The van der Waals surface area contributed by atoms with E-state index in [9.17, 15) is 4.79 Å². The van der Waals surface area contributed by atoms with E-state index in [1.54, 1.807) is 0 Å². The summed E-state index contributed by atoms with van der Waals surface area (Å²) in [6.45, 7) is 9.00. The maximum Gasteiger partial charge on any atom is 0.309 e. The maximum atomic E-state index is 11.3. The van der Waals surface area contributed by atoms with Gasteiger partial charge in [-0.3, -0.25) is 4.79 Å². The Morgan fingerprint density at radius 3 is 2.36 bits per heavy atom. The SMILES string of the molecule is COC(=O)[C@@H]1[C@@H](C)[C@H]1/C=C/[Si](C)(C)C. The van der Waals surface area contributed by atoms with Gasteiger partial charge >= 0.3 is 5.97 Å². The van der Waals surface area contributed by atoms with Crippen molar-refractivity contribution in [3.05, 3.63) is 11.8 Å². The van der Waals surface area contributed by atoms with Crippen molar-refractivity contribution in [2.45, 2.75) is 26.6 Å². The highest BCUT2D eigenvalue weighted by molar-refractivity contribution is 6.80. The van der Waals surface area contributed by atoms with Crippen LogP contribution in [-0.4, -0.2) is 21.2 Å². The molecular weight excluding hydrogens is 192 g/mol. The number of allylic oxidation sites excluding steroid dienone is 1. The van der Waals surface area contributed by atoms with Crippen molar-refractivity contribution in [1.82, 2.24) is 0 Å². The van der Waals surface area contributed by atoms with Gasteiger partial charge in [0.25, 0.3) is 0 Å². The minimum Gasteiger partial charge on any atom is -0.469 e. The Labute approximate surface area is 87.3 Å².